The minimum atomic E-state index is 1.07. The Balaban J connectivity index is 1.95. The van der Waals surface area contributed by atoms with Gasteiger partial charge in [-0.15, -0.1) is 0 Å². The molecule has 0 aliphatic carbocycles. The van der Waals surface area contributed by atoms with Crippen molar-refractivity contribution in [2.75, 3.05) is 18.0 Å². The van der Waals surface area contributed by atoms with Gasteiger partial charge in [0, 0.05) is 30.0 Å². The van der Waals surface area contributed by atoms with Crippen molar-refractivity contribution in [3.05, 3.63) is 47.7 Å². The van der Waals surface area contributed by atoms with Gasteiger partial charge in [-0.3, -0.25) is 4.98 Å². The van der Waals surface area contributed by atoms with Crippen LogP contribution in [0.4, 0.5) is 5.69 Å². The molecule has 0 amide bonds. The van der Waals surface area contributed by atoms with E-state index in [0.29, 0.717) is 0 Å². The molecule has 1 aliphatic rings. The number of benzene rings is 1. The van der Waals surface area contributed by atoms with Crippen molar-refractivity contribution in [3.63, 3.8) is 0 Å². The molecule has 2 aromatic rings. The molecule has 0 N–H and O–H groups in total. The fourth-order valence-electron chi connectivity index (χ4n) is 2.63. The maximum Gasteiger partial charge on any atom is 0.0706 e. The van der Waals surface area contributed by atoms with Crippen LogP contribution in [-0.2, 0) is 0 Å². The SMILES string of the molecule is Cc1ccc(-c2cccc(N3CCCC3)c2)nc1C. The number of nitrogens with zero attached hydrogens (tertiary/aromatic N) is 2. The van der Waals surface area contributed by atoms with Crippen molar-refractivity contribution in [2.45, 2.75) is 26.7 Å². The lowest BCUT2D eigenvalue weighted by atomic mass is 10.1. The molecule has 0 bridgehead atoms. The molecule has 1 fully saturated rings. The fraction of sp³-hybridized carbons (Fsp3) is 0.353. The average Bonchev–Trinajstić information content (AvgIpc) is 2.96. The summed E-state index contributed by atoms with van der Waals surface area (Å²) in [6.07, 6.45) is 2.62. The third-order valence-corrected chi connectivity index (χ3v) is 3.96. The van der Waals surface area contributed by atoms with Crippen LogP contribution in [0.3, 0.4) is 0 Å². The molecule has 0 atom stereocenters. The van der Waals surface area contributed by atoms with E-state index in [2.05, 4.69) is 55.1 Å². The van der Waals surface area contributed by atoms with Crippen molar-refractivity contribution in [1.82, 2.24) is 4.98 Å². The summed E-state index contributed by atoms with van der Waals surface area (Å²) in [5.41, 5.74) is 5.98. The van der Waals surface area contributed by atoms with Gasteiger partial charge in [0.1, 0.15) is 0 Å². The summed E-state index contributed by atoms with van der Waals surface area (Å²) < 4.78 is 0. The maximum atomic E-state index is 4.69. The Hall–Kier alpha value is -1.83. The lowest BCUT2D eigenvalue weighted by molar-refractivity contribution is 0.949. The molecule has 19 heavy (non-hydrogen) atoms. The number of rotatable bonds is 2. The van der Waals surface area contributed by atoms with E-state index in [1.165, 1.54) is 42.7 Å². The van der Waals surface area contributed by atoms with E-state index in [-0.39, 0.29) is 0 Å². The summed E-state index contributed by atoms with van der Waals surface area (Å²) in [4.78, 5) is 7.16. The summed E-state index contributed by atoms with van der Waals surface area (Å²) in [6, 6.07) is 13.0. The van der Waals surface area contributed by atoms with Gasteiger partial charge >= 0.3 is 0 Å². The Labute approximate surface area is 115 Å². The Morgan fingerprint density at radius 2 is 1.79 bits per heavy atom. The van der Waals surface area contributed by atoms with Gasteiger partial charge in [0.05, 0.1) is 5.69 Å². The van der Waals surface area contributed by atoms with Gasteiger partial charge < -0.3 is 4.90 Å². The first kappa shape index (κ1) is 12.2. The second kappa shape index (κ2) is 5.04. The molecule has 2 heterocycles. The zero-order chi connectivity index (χ0) is 13.2. The van der Waals surface area contributed by atoms with Crippen molar-refractivity contribution in [3.8, 4) is 11.3 Å². The van der Waals surface area contributed by atoms with E-state index in [1.54, 1.807) is 0 Å². The molecular weight excluding hydrogens is 232 g/mol. The predicted octanol–water partition coefficient (Wildman–Crippen LogP) is 3.97. The van der Waals surface area contributed by atoms with Crippen molar-refractivity contribution in [1.29, 1.82) is 0 Å². The lowest BCUT2D eigenvalue weighted by Gasteiger charge is -2.18. The van der Waals surface area contributed by atoms with Crippen LogP contribution in [0.2, 0.25) is 0 Å². The molecule has 0 spiro atoms. The van der Waals surface area contributed by atoms with Gasteiger partial charge in [-0.2, -0.15) is 0 Å². The van der Waals surface area contributed by atoms with Crippen LogP contribution in [-0.4, -0.2) is 18.1 Å². The van der Waals surface area contributed by atoms with Crippen molar-refractivity contribution < 1.29 is 0 Å². The maximum absolute atomic E-state index is 4.69. The summed E-state index contributed by atoms with van der Waals surface area (Å²) in [5, 5.41) is 0. The normalized spacial score (nSPS) is 14.9. The zero-order valence-corrected chi connectivity index (χ0v) is 11.7. The number of aryl methyl sites for hydroxylation is 2. The molecule has 0 radical (unpaired) electrons. The van der Waals surface area contributed by atoms with Crippen molar-refractivity contribution in [2.24, 2.45) is 0 Å². The van der Waals surface area contributed by atoms with Crippen LogP contribution in [0.1, 0.15) is 24.1 Å². The summed E-state index contributed by atoms with van der Waals surface area (Å²) in [5.74, 6) is 0. The highest BCUT2D eigenvalue weighted by molar-refractivity contribution is 5.66. The highest BCUT2D eigenvalue weighted by Gasteiger charge is 2.12. The van der Waals surface area contributed by atoms with Gasteiger partial charge in [0.25, 0.3) is 0 Å². The first-order chi connectivity index (χ1) is 9.24. The van der Waals surface area contributed by atoms with E-state index in [0.717, 1.165) is 11.4 Å². The predicted molar refractivity (Wildman–Crippen MR) is 80.6 cm³/mol. The molecule has 3 rings (SSSR count). The topological polar surface area (TPSA) is 16.1 Å². The van der Waals surface area contributed by atoms with Crippen molar-refractivity contribution >= 4 is 5.69 Å². The molecule has 98 valence electrons. The largest absolute Gasteiger partial charge is 0.372 e. The summed E-state index contributed by atoms with van der Waals surface area (Å²) in [6.45, 7) is 6.55. The Morgan fingerprint density at radius 1 is 1.00 bits per heavy atom. The van der Waals surface area contributed by atoms with Gasteiger partial charge in [-0.1, -0.05) is 18.2 Å². The van der Waals surface area contributed by atoms with E-state index in [9.17, 15) is 0 Å². The lowest BCUT2D eigenvalue weighted by Crippen LogP contribution is -2.17. The van der Waals surface area contributed by atoms with Gasteiger partial charge in [0.15, 0.2) is 0 Å². The molecule has 2 nitrogen and oxygen atoms in total. The van der Waals surface area contributed by atoms with E-state index < -0.39 is 0 Å². The van der Waals surface area contributed by atoms with E-state index in [1.807, 2.05) is 0 Å². The first-order valence-corrected chi connectivity index (χ1v) is 7.04. The van der Waals surface area contributed by atoms with E-state index >= 15 is 0 Å². The van der Waals surface area contributed by atoms with Crippen LogP contribution < -0.4 is 4.90 Å². The molecule has 1 aromatic carbocycles. The number of pyridine rings is 1. The average molecular weight is 252 g/mol. The molecule has 0 saturated carbocycles. The van der Waals surface area contributed by atoms with Crippen LogP contribution >= 0.6 is 0 Å². The first-order valence-electron chi connectivity index (χ1n) is 7.04. The number of hydrogen-bond acceptors (Lipinski definition) is 2. The molecular formula is C17H20N2. The van der Waals surface area contributed by atoms with Crippen LogP contribution in [0.25, 0.3) is 11.3 Å². The molecule has 1 saturated heterocycles. The number of aromatic nitrogens is 1. The van der Waals surface area contributed by atoms with Crippen LogP contribution in [0.5, 0.6) is 0 Å². The van der Waals surface area contributed by atoms with Crippen LogP contribution in [0.15, 0.2) is 36.4 Å². The highest BCUT2D eigenvalue weighted by atomic mass is 15.1. The minimum absolute atomic E-state index is 1.07. The monoisotopic (exact) mass is 252 g/mol. The number of hydrogen-bond donors (Lipinski definition) is 0. The zero-order valence-electron chi connectivity index (χ0n) is 11.7. The number of anilines is 1. The Kier molecular flexibility index (Phi) is 3.24. The quantitative estimate of drug-likeness (QED) is 0.804. The third-order valence-electron chi connectivity index (χ3n) is 3.96. The second-order valence-corrected chi connectivity index (χ2v) is 5.34. The molecule has 1 aliphatic heterocycles. The minimum Gasteiger partial charge on any atom is -0.372 e. The molecule has 2 heteroatoms. The summed E-state index contributed by atoms with van der Waals surface area (Å²) >= 11 is 0. The van der Waals surface area contributed by atoms with Gasteiger partial charge in [-0.25, -0.2) is 0 Å². The Morgan fingerprint density at radius 3 is 2.53 bits per heavy atom. The smallest absolute Gasteiger partial charge is 0.0706 e. The van der Waals surface area contributed by atoms with Gasteiger partial charge in [0.2, 0.25) is 0 Å². The third kappa shape index (κ3) is 2.48. The van der Waals surface area contributed by atoms with Gasteiger partial charge in [-0.05, 0) is 50.5 Å². The van der Waals surface area contributed by atoms with Crippen LogP contribution in [0, 0.1) is 13.8 Å². The Bertz CT molecular complexity index is 584. The standard InChI is InChI=1S/C17H20N2/c1-13-8-9-17(18-14(13)2)15-6-5-7-16(12-15)19-10-3-4-11-19/h5-9,12H,3-4,10-11H2,1-2H3. The molecule has 1 aromatic heterocycles. The fourth-order valence-corrected chi connectivity index (χ4v) is 2.63. The molecule has 0 unspecified atom stereocenters. The van der Waals surface area contributed by atoms with E-state index in [4.69, 9.17) is 4.98 Å². The highest BCUT2D eigenvalue weighted by Crippen LogP contribution is 2.26. The second-order valence-electron chi connectivity index (χ2n) is 5.34. The summed E-state index contributed by atoms with van der Waals surface area (Å²) in [7, 11) is 0.